The highest BCUT2D eigenvalue weighted by molar-refractivity contribution is 7.98. The zero-order valence-electron chi connectivity index (χ0n) is 22.7. The summed E-state index contributed by atoms with van der Waals surface area (Å²) in [5.74, 6) is 0.00727. The molecule has 2 N–H and O–H groups in total. The van der Waals surface area contributed by atoms with Gasteiger partial charge in [-0.1, -0.05) is 48.5 Å². The first-order valence-electron chi connectivity index (χ1n) is 12.9. The van der Waals surface area contributed by atoms with Gasteiger partial charge in [0.2, 0.25) is 0 Å². The van der Waals surface area contributed by atoms with Crippen molar-refractivity contribution < 1.29 is 18.0 Å². The number of carbonyl (C=O) groups is 2. The molecule has 0 saturated heterocycles. The van der Waals surface area contributed by atoms with Gasteiger partial charge >= 0.3 is 0 Å². The monoisotopic (exact) mass is 605 g/mol. The smallest absolute Gasteiger partial charge is 0.264 e. The average molecular weight is 606 g/mol. The van der Waals surface area contributed by atoms with E-state index in [1.807, 2.05) is 67.9 Å². The molecule has 212 valence electrons. The van der Waals surface area contributed by atoms with Crippen LogP contribution in [0.4, 0.5) is 0 Å². The minimum Gasteiger partial charge on any atom is -0.340 e. The van der Waals surface area contributed by atoms with Crippen LogP contribution >= 0.6 is 23.5 Å². The number of rotatable bonds is 12. The number of aryl methyl sites for hydroxylation is 1. The predicted molar refractivity (Wildman–Crippen MR) is 166 cm³/mol. The van der Waals surface area contributed by atoms with Crippen LogP contribution in [-0.2, 0) is 20.6 Å². The van der Waals surface area contributed by atoms with Crippen molar-refractivity contribution in [3.05, 3.63) is 114 Å². The van der Waals surface area contributed by atoms with E-state index in [1.165, 1.54) is 23.9 Å². The normalized spacial score (nSPS) is 12.0. The van der Waals surface area contributed by atoms with Crippen molar-refractivity contribution in [2.45, 2.75) is 34.9 Å². The topological polar surface area (TPSA) is 105 Å². The number of nitrogens with zero attached hydrogens (tertiary/aromatic N) is 1. The molecule has 10 heteroatoms. The first-order valence-corrected chi connectivity index (χ1v) is 16.8. The second-order valence-corrected chi connectivity index (χ2v) is 13.0. The molecular weight excluding hydrogens is 575 g/mol. The van der Waals surface area contributed by atoms with E-state index in [0.717, 1.165) is 27.1 Å². The Bertz CT molecular complexity index is 1600. The van der Waals surface area contributed by atoms with E-state index in [2.05, 4.69) is 15.0 Å². The van der Waals surface area contributed by atoms with Crippen molar-refractivity contribution in [2.24, 2.45) is 0 Å². The molecular formula is C31H31N3O4S3. The van der Waals surface area contributed by atoms with E-state index >= 15 is 0 Å². The quantitative estimate of drug-likeness (QED) is 0.200. The average Bonchev–Trinajstić information content (AvgIpc) is 2.99. The van der Waals surface area contributed by atoms with Crippen LogP contribution in [0.2, 0.25) is 0 Å². The molecule has 3 aromatic carbocycles. The summed E-state index contributed by atoms with van der Waals surface area (Å²) in [6.45, 7) is 1.98. The SMILES string of the molecule is CSCC[C@H](NC(=O)c1ccc(CSc2cccnc2)cc1-c1ccccc1C)C(=O)NS(=O)(=O)c1ccccc1. The molecule has 0 radical (unpaired) electrons. The van der Waals surface area contributed by atoms with E-state index in [9.17, 15) is 18.0 Å². The zero-order valence-corrected chi connectivity index (χ0v) is 25.2. The lowest BCUT2D eigenvalue weighted by Gasteiger charge is -2.20. The summed E-state index contributed by atoms with van der Waals surface area (Å²) >= 11 is 3.15. The van der Waals surface area contributed by atoms with Crippen molar-refractivity contribution in [1.29, 1.82) is 0 Å². The van der Waals surface area contributed by atoms with Crippen LogP contribution < -0.4 is 10.0 Å². The third-order valence-corrected chi connectivity index (χ3v) is 9.38. The molecule has 0 spiro atoms. The predicted octanol–water partition coefficient (Wildman–Crippen LogP) is 5.71. The minimum absolute atomic E-state index is 0.0233. The highest BCUT2D eigenvalue weighted by atomic mass is 32.2. The number of pyridine rings is 1. The molecule has 1 heterocycles. The highest BCUT2D eigenvalue weighted by Gasteiger charge is 2.27. The second-order valence-electron chi connectivity index (χ2n) is 9.26. The molecule has 41 heavy (non-hydrogen) atoms. The Kier molecular flexibility index (Phi) is 10.6. The second kappa shape index (κ2) is 14.3. The minimum atomic E-state index is -4.09. The summed E-state index contributed by atoms with van der Waals surface area (Å²) in [5.41, 5.74) is 4.08. The number of aromatic nitrogens is 1. The molecule has 0 fully saturated rings. The Morgan fingerprint density at radius 3 is 2.39 bits per heavy atom. The van der Waals surface area contributed by atoms with Crippen molar-refractivity contribution in [3.8, 4) is 11.1 Å². The number of thioether (sulfide) groups is 2. The molecule has 4 rings (SSSR count). The number of hydrogen-bond donors (Lipinski definition) is 2. The Hall–Kier alpha value is -3.60. The molecule has 0 saturated carbocycles. The number of carbonyl (C=O) groups excluding carboxylic acids is 2. The molecule has 0 aliphatic carbocycles. The Balaban J connectivity index is 1.61. The molecule has 7 nitrogen and oxygen atoms in total. The lowest BCUT2D eigenvalue weighted by molar-refractivity contribution is -0.121. The van der Waals surface area contributed by atoms with Gasteiger partial charge < -0.3 is 5.32 Å². The van der Waals surface area contributed by atoms with Crippen LogP contribution in [0.25, 0.3) is 11.1 Å². The fraction of sp³-hybridized carbons (Fsp3) is 0.194. The van der Waals surface area contributed by atoms with Gasteiger partial charge in [-0.25, -0.2) is 13.1 Å². The third-order valence-electron chi connectivity index (χ3n) is 6.32. The Labute approximate surface area is 249 Å². The molecule has 0 bridgehead atoms. The van der Waals surface area contributed by atoms with Crippen LogP contribution in [0.15, 0.2) is 107 Å². The number of hydrogen-bond acceptors (Lipinski definition) is 7. The number of amides is 2. The van der Waals surface area contributed by atoms with Gasteiger partial charge in [-0.05, 0) is 84.0 Å². The van der Waals surface area contributed by atoms with Gasteiger partial charge in [0.25, 0.3) is 21.8 Å². The van der Waals surface area contributed by atoms with E-state index in [-0.39, 0.29) is 11.3 Å². The highest BCUT2D eigenvalue weighted by Crippen LogP contribution is 2.31. The summed E-state index contributed by atoms with van der Waals surface area (Å²) in [7, 11) is -4.09. The number of sulfonamides is 1. The van der Waals surface area contributed by atoms with Crippen molar-refractivity contribution in [1.82, 2.24) is 15.0 Å². The lowest BCUT2D eigenvalue weighted by Crippen LogP contribution is -2.48. The van der Waals surface area contributed by atoms with E-state index < -0.39 is 27.9 Å². The number of nitrogens with one attached hydrogen (secondary N) is 2. The van der Waals surface area contributed by atoms with Crippen molar-refractivity contribution in [2.75, 3.05) is 12.0 Å². The largest absolute Gasteiger partial charge is 0.340 e. The molecule has 0 aliphatic rings. The first kappa shape index (κ1) is 30.4. The molecule has 0 unspecified atom stereocenters. The van der Waals surface area contributed by atoms with E-state index in [0.29, 0.717) is 17.1 Å². The summed E-state index contributed by atoms with van der Waals surface area (Å²) < 4.78 is 27.7. The van der Waals surface area contributed by atoms with Crippen LogP contribution in [0.1, 0.15) is 27.9 Å². The molecule has 2 amide bonds. The van der Waals surface area contributed by atoms with Crippen LogP contribution in [-0.4, -0.2) is 43.3 Å². The van der Waals surface area contributed by atoms with E-state index in [1.54, 1.807) is 42.2 Å². The van der Waals surface area contributed by atoms with Gasteiger partial charge in [0.1, 0.15) is 6.04 Å². The fourth-order valence-corrected chi connectivity index (χ4v) is 6.51. The van der Waals surface area contributed by atoms with Crippen LogP contribution in [0, 0.1) is 6.92 Å². The van der Waals surface area contributed by atoms with Crippen LogP contribution in [0.5, 0.6) is 0 Å². The fourth-order valence-electron chi connectivity index (χ4n) is 4.18. The third kappa shape index (κ3) is 8.22. The van der Waals surface area contributed by atoms with Gasteiger partial charge in [0.05, 0.1) is 4.90 Å². The molecule has 4 aromatic rings. The molecule has 1 aromatic heterocycles. The van der Waals surface area contributed by atoms with Gasteiger partial charge in [0, 0.05) is 28.6 Å². The van der Waals surface area contributed by atoms with Crippen molar-refractivity contribution >= 4 is 45.4 Å². The van der Waals surface area contributed by atoms with Crippen molar-refractivity contribution in [3.63, 3.8) is 0 Å². The molecule has 1 atom stereocenters. The first-order chi connectivity index (χ1) is 19.8. The van der Waals surface area contributed by atoms with Gasteiger partial charge in [-0.3, -0.25) is 14.6 Å². The maximum atomic E-state index is 13.7. The van der Waals surface area contributed by atoms with Crippen LogP contribution in [0.3, 0.4) is 0 Å². The maximum absolute atomic E-state index is 13.7. The standard InChI is InChI=1S/C31H31N3O4S3/c1-22-9-6-7-13-26(22)28-19-23(21-40-24-10-8-17-32-20-24)14-15-27(28)30(35)33-29(16-18-39-2)31(36)34-41(37,38)25-11-4-3-5-12-25/h3-15,17,19-20,29H,16,18,21H2,1-2H3,(H,33,35)(H,34,36)/t29-/m0/s1. The van der Waals surface area contributed by atoms with Gasteiger partial charge in [0.15, 0.2) is 0 Å². The summed E-state index contributed by atoms with van der Waals surface area (Å²) in [4.78, 5) is 32.0. The zero-order chi connectivity index (χ0) is 29.2. The number of benzene rings is 3. The lowest BCUT2D eigenvalue weighted by atomic mass is 9.94. The Morgan fingerprint density at radius 2 is 1.68 bits per heavy atom. The maximum Gasteiger partial charge on any atom is 0.264 e. The molecule has 0 aliphatic heterocycles. The van der Waals surface area contributed by atoms with Gasteiger partial charge in [-0.15, -0.1) is 11.8 Å². The van der Waals surface area contributed by atoms with Gasteiger partial charge in [-0.2, -0.15) is 11.8 Å². The van der Waals surface area contributed by atoms with E-state index in [4.69, 9.17) is 0 Å². The Morgan fingerprint density at radius 1 is 0.927 bits per heavy atom. The summed E-state index contributed by atoms with van der Waals surface area (Å²) in [6.07, 6.45) is 5.70. The summed E-state index contributed by atoms with van der Waals surface area (Å²) in [6, 6.07) is 24.0. The summed E-state index contributed by atoms with van der Waals surface area (Å²) in [5, 5.41) is 2.81.